The molecule has 0 spiro atoms. The summed E-state index contributed by atoms with van der Waals surface area (Å²) in [5, 5.41) is 13.0. The number of nitrogen functional groups attached to an aromatic ring is 1. The van der Waals surface area contributed by atoms with Crippen LogP contribution in [-0.4, -0.2) is 13.1 Å². The van der Waals surface area contributed by atoms with Crippen LogP contribution in [0.3, 0.4) is 0 Å². The summed E-state index contributed by atoms with van der Waals surface area (Å²) in [4.78, 5) is 11.4. The van der Waals surface area contributed by atoms with Crippen molar-refractivity contribution in [3.05, 3.63) is 28.4 Å². The van der Waals surface area contributed by atoms with Crippen molar-refractivity contribution in [2.24, 2.45) is 0 Å². The van der Waals surface area contributed by atoms with Gasteiger partial charge < -0.3 is 15.7 Å². The summed E-state index contributed by atoms with van der Waals surface area (Å²) in [6.45, 7) is 0. The molecule has 0 unspecified atom stereocenters. The van der Waals surface area contributed by atoms with Gasteiger partial charge in [-0.15, -0.1) is 11.3 Å². The highest BCUT2D eigenvalue weighted by Crippen LogP contribution is 2.28. The number of anilines is 1. The second-order valence-corrected chi connectivity index (χ2v) is 3.80. The molecular weight excluding hydrogens is 216 g/mol. The molecule has 0 aliphatic heterocycles. The molecule has 0 saturated carbocycles. The van der Waals surface area contributed by atoms with E-state index < -0.39 is 5.97 Å². The zero-order chi connectivity index (χ0) is 11.0. The summed E-state index contributed by atoms with van der Waals surface area (Å²) < 4.78 is 5.81. The van der Waals surface area contributed by atoms with Crippen molar-refractivity contribution in [2.75, 3.05) is 12.8 Å². The molecule has 0 atom stereocenters. The summed E-state index contributed by atoms with van der Waals surface area (Å²) in [5.74, 6) is -0.470. The standard InChI is InChI=1S/C9H8N2O3S/c1-14-9(12)5-2-3-11(13)7-6(10)4-15-8(5)7/h2-4H,10H2,1H3. The summed E-state index contributed by atoms with van der Waals surface area (Å²) in [6.07, 6.45) is 1.25. The third kappa shape index (κ3) is 1.39. The molecule has 2 N–H and O–H groups in total. The van der Waals surface area contributed by atoms with Crippen LogP contribution < -0.4 is 10.5 Å². The minimum atomic E-state index is -0.470. The minimum Gasteiger partial charge on any atom is -0.618 e. The van der Waals surface area contributed by atoms with Gasteiger partial charge in [0.15, 0.2) is 6.20 Å². The van der Waals surface area contributed by atoms with Gasteiger partial charge in [0.2, 0.25) is 0 Å². The Kier molecular flexibility index (Phi) is 2.20. The Bertz CT molecular complexity index is 535. The summed E-state index contributed by atoms with van der Waals surface area (Å²) in [6, 6.07) is 1.43. The predicted octanol–water partition coefficient (Wildman–Crippen LogP) is 0.903. The lowest BCUT2D eigenvalue weighted by Gasteiger charge is -2.02. The van der Waals surface area contributed by atoms with Gasteiger partial charge in [-0.3, -0.25) is 0 Å². The monoisotopic (exact) mass is 224 g/mol. The average molecular weight is 224 g/mol. The second-order valence-electron chi connectivity index (χ2n) is 2.92. The molecule has 2 aromatic rings. The molecular formula is C9H8N2O3S. The highest BCUT2D eigenvalue weighted by molar-refractivity contribution is 7.18. The second kappa shape index (κ2) is 3.39. The predicted molar refractivity (Wildman–Crippen MR) is 56.5 cm³/mol. The van der Waals surface area contributed by atoms with E-state index >= 15 is 0 Å². The van der Waals surface area contributed by atoms with Crippen LogP contribution in [0.25, 0.3) is 10.2 Å². The number of ether oxygens (including phenoxy) is 1. The number of methoxy groups -OCH3 is 1. The van der Waals surface area contributed by atoms with Crippen molar-refractivity contribution >= 4 is 33.2 Å². The fraction of sp³-hybridized carbons (Fsp3) is 0.111. The van der Waals surface area contributed by atoms with Crippen LogP contribution in [0.1, 0.15) is 10.4 Å². The fourth-order valence-corrected chi connectivity index (χ4v) is 2.30. The van der Waals surface area contributed by atoms with Crippen LogP contribution in [0.5, 0.6) is 0 Å². The SMILES string of the molecule is COC(=O)c1cc[n+]([O-])c2c(N)csc12. The van der Waals surface area contributed by atoms with Crippen LogP contribution in [0.15, 0.2) is 17.6 Å². The van der Waals surface area contributed by atoms with Gasteiger partial charge in [-0.05, 0) is 0 Å². The zero-order valence-electron chi connectivity index (χ0n) is 7.89. The number of hydrogen-bond acceptors (Lipinski definition) is 5. The Balaban J connectivity index is 2.78. The van der Waals surface area contributed by atoms with Crippen molar-refractivity contribution in [1.29, 1.82) is 0 Å². The van der Waals surface area contributed by atoms with Gasteiger partial charge >= 0.3 is 5.97 Å². The van der Waals surface area contributed by atoms with E-state index in [1.165, 1.54) is 30.7 Å². The van der Waals surface area contributed by atoms with E-state index in [4.69, 9.17) is 5.73 Å². The number of nitrogens with zero attached hydrogens (tertiary/aromatic N) is 1. The van der Waals surface area contributed by atoms with Gasteiger partial charge in [0, 0.05) is 11.4 Å². The first-order valence-corrected chi connectivity index (χ1v) is 5.00. The number of esters is 1. The lowest BCUT2D eigenvalue weighted by atomic mass is 10.2. The lowest BCUT2D eigenvalue weighted by molar-refractivity contribution is -0.576. The topological polar surface area (TPSA) is 79.3 Å². The smallest absolute Gasteiger partial charge is 0.339 e. The van der Waals surface area contributed by atoms with Gasteiger partial charge in [-0.2, -0.15) is 4.73 Å². The lowest BCUT2D eigenvalue weighted by Crippen LogP contribution is -2.27. The number of hydrogen-bond donors (Lipinski definition) is 1. The van der Waals surface area contributed by atoms with Crippen LogP contribution in [0.4, 0.5) is 5.69 Å². The molecule has 0 fully saturated rings. The van der Waals surface area contributed by atoms with Crippen LogP contribution in [-0.2, 0) is 4.74 Å². The Morgan fingerprint density at radius 3 is 3.07 bits per heavy atom. The summed E-state index contributed by atoms with van der Waals surface area (Å²) in [7, 11) is 1.30. The van der Waals surface area contributed by atoms with Crippen LogP contribution >= 0.6 is 11.3 Å². The number of fused-ring (bicyclic) bond motifs is 1. The number of thiophene rings is 1. The van der Waals surface area contributed by atoms with Gasteiger partial charge in [-0.25, -0.2) is 4.79 Å². The third-order valence-corrected chi connectivity index (χ3v) is 3.06. The maximum Gasteiger partial charge on any atom is 0.339 e. The normalized spacial score (nSPS) is 10.5. The third-order valence-electron chi connectivity index (χ3n) is 2.04. The largest absolute Gasteiger partial charge is 0.618 e. The first-order chi connectivity index (χ1) is 7.15. The molecule has 2 aromatic heterocycles. The number of pyridine rings is 1. The molecule has 5 nitrogen and oxygen atoms in total. The highest BCUT2D eigenvalue weighted by atomic mass is 32.1. The van der Waals surface area contributed by atoms with Crippen molar-refractivity contribution in [2.45, 2.75) is 0 Å². The first-order valence-electron chi connectivity index (χ1n) is 4.12. The number of rotatable bonds is 1. The van der Waals surface area contributed by atoms with Crippen molar-refractivity contribution in [1.82, 2.24) is 0 Å². The molecule has 0 bridgehead atoms. The van der Waals surface area contributed by atoms with E-state index in [1.807, 2.05) is 0 Å². The van der Waals surface area contributed by atoms with Gasteiger partial charge in [0.05, 0.1) is 12.7 Å². The number of aromatic nitrogens is 1. The fourth-order valence-electron chi connectivity index (χ4n) is 1.35. The molecule has 2 rings (SSSR count). The Morgan fingerprint density at radius 2 is 2.40 bits per heavy atom. The maximum atomic E-state index is 11.4. The number of carbonyl (C=O) groups is 1. The molecule has 0 saturated heterocycles. The molecule has 15 heavy (non-hydrogen) atoms. The molecule has 0 aliphatic carbocycles. The molecule has 0 amide bonds. The van der Waals surface area contributed by atoms with E-state index in [1.54, 1.807) is 5.38 Å². The molecule has 0 aromatic carbocycles. The van der Waals surface area contributed by atoms with Gasteiger partial charge in [-0.1, -0.05) is 0 Å². The van der Waals surface area contributed by atoms with E-state index in [9.17, 15) is 10.0 Å². The van der Waals surface area contributed by atoms with E-state index in [2.05, 4.69) is 4.74 Å². The van der Waals surface area contributed by atoms with Crippen molar-refractivity contribution in [3.63, 3.8) is 0 Å². The van der Waals surface area contributed by atoms with E-state index in [-0.39, 0.29) is 0 Å². The molecule has 0 radical (unpaired) electrons. The molecule has 78 valence electrons. The summed E-state index contributed by atoms with van der Waals surface area (Å²) in [5.41, 5.74) is 6.68. The van der Waals surface area contributed by atoms with E-state index in [0.29, 0.717) is 26.2 Å². The van der Waals surface area contributed by atoms with Crippen LogP contribution in [0.2, 0.25) is 0 Å². The quantitative estimate of drug-likeness (QED) is 0.443. The Hall–Kier alpha value is -1.82. The van der Waals surface area contributed by atoms with E-state index in [0.717, 1.165) is 0 Å². The Morgan fingerprint density at radius 1 is 1.67 bits per heavy atom. The number of nitrogens with two attached hydrogens (primary N) is 1. The van der Waals surface area contributed by atoms with Crippen molar-refractivity contribution in [3.8, 4) is 0 Å². The first kappa shape index (κ1) is 9.72. The highest BCUT2D eigenvalue weighted by Gasteiger charge is 2.19. The molecule has 2 heterocycles. The Labute approximate surface area is 89.3 Å². The molecule has 0 aliphatic rings. The van der Waals surface area contributed by atoms with Crippen LogP contribution in [0, 0.1) is 5.21 Å². The zero-order valence-corrected chi connectivity index (χ0v) is 8.71. The van der Waals surface area contributed by atoms with Gasteiger partial charge in [0.25, 0.3) is 5.52 Å². The maximum absolute atomic E-state index is 11.4. The summed E-state index contributed by atoms with van der Waals surface area (Å²) >= 11 is 1.25. The number of carbonyl (C=O) groups excluding carboxylic acids is 1. The average Bonchev–Trinajstić information content (AvgIpc) is 2.61. The van der Waals surface area contributed by atoms with Crippen molar-refractivity contribution < 1.29 is 14.3 Å². The minimum absolute atomic E-state index is 0.322. The van der Waals surface area contributed by atoms with Gasteiger partial charge in [0.1, 0.15) is 10.4 Å². The molecule has 6 heteroatoms.